The topological polar surface area (TPSA) is 62.3 Å². The van der Waals surface area contributed by atoms with Gasteiger partial charge in [0.25, 0.3) is 11.8 Å². The highest BCUT2D eigenvalue weighted by atomic mass is 19.1. The van der Waals surface area contributed by atoms with Gasteiger partial charge in [-0.3, -0.25) is 9.59 Å². The van der Waals surface area contributed by atoms with Crippen molar-refractivity contribution in [3.63, 3.8) is 0 Å². The van der Waals surface area contributed by atoms with Gasteiger partial charge in [-0.15, -0.1) is 0 Å². The van der Waals surface area contributed by atoms with Gasteiger partial charge < -0.3 is 10.2 Å². The predicted octanol–water partition coefficient (Wildman–Crippen LogP) is 4.27. The van der Waals surface area contributed by atoms with Gasteiger partial charge in [-0.05, 0) is 67.1 Å². The number of rotatable bonds is 4. The molecule has 0 unspecified atom stereocenters. The number of nitrogens with one attached hydrogen (secondary N) is 1. The van der Waals surface area contributed by atoms with Gasteiger partial charge in [-0.25, -0.2) is 9.37 Å². The molecule has 1 saturated heterocycles. The molecule has 0 bridgehead atoms. The molecule has 0 atom stereocenters. The molecule has 2 amide bonds. The zero-order valence-corrected chi connectivity index (χ0v) is 18.0. The Hall–Kier alpha value is -3.54. The summed E-state index contributed by atoms with van der Waals surface area (Å²) >= 11 is 0. The molecule has 1 aromatic heterocycles. The molecule has 2 aliphatic rings. The van der Waals surface area contributed by atoms with Gasteiger partial charge in [0.1, 0.15) is 5.82 Å². The van der Waals surface area contributed by atoms with Crippen molar-refractivity contribution in [2.75, 3.05) is 13.1 Å². The van der Waals surface area contributed by atoms with Gasteiger partial charge >= 0.3 is 0 Å². The van der Waals surface area contributed by atoms with E-state index in [1.54, 1.807) is 6.07 Å². The third kappa shape index (κ3) is 3.66. The summed E-state index contributed by atoms with van der Waals surface area (Å²) in [6.07, 6.45) is 2.61. The summed E-state index contributed by atoms with van der Waals surface area (Å²) in [5.74, 6) is -0.416. The molecule has 0 radical (unpaired) electrons. The van der Waals surface area contributed by atoms with Crippen LogP contribution >= 0.6 is 0 Å². The number of benzene rings is 2. The zero-order valence-electron chi connectivity index (χ0n) is 18.0. The van der Waals surface area contributed by atoms with E-state index in [1.807, 2.05) is 48.2 Å². The average Bonchev–Trinajstić information content (AvgIpc) is 3.44. The number of pyridine rings is 1. The number of aromatic nitrogens is 1. The van der Waals surface area contributed by atoms with E-state index in [9.17, 15) is 14.0 Å². The Labute approximate surface area is 186 Å². The van der Waals surface area contributed by atoms with Crippen molar-refractivity contribution in [1.82, 2.24) is 15.2 Å². The molecule has 1 fully saturated rings. The van der Waals surface area contributed by atoms with Crippen LogP contribution in [0.1, 0.15) is 55.9 Å². The number of fused-ring (bicyclic) bond motifs is 1. The lowest BCUT2D eigenvalue weighted by Gasteiger charge is -2.15. The van der Waals surface area contributed by atoms with Crippen LogP contribution < -0.4 is 5.32 Å². The van der Waals surface area contributed by atoms with E-state index in [2.05, 4.69) is 10.3 Å². The van der Waals surface area contributed by atoms with E-state index < -0.39 is 0 Å². The maximum atomic E-state index is 14.6. The van der Waals surface area contributed by atoms with Crippen LogP contribution in [-0.2, 0) is 13.0 Å². The lowest BCUT2D eigenvalue weighted by Crippen LogP contribution is -2.27. The first-order chi connectivity index (χ1) is 15.5. The molecule has 5 rings (SSSR count). The molecule has 6 heteroatoms. The number of hydrogen-bond acceptors (Lipinski definition) is 3. The van der Waals surface area contributed by atoms with E-state index in [4.69, 9.17) is 0 Å². The van der Waals surface area contributed by atoms with Crippen LogP contribution in [-0.4, -0.2) is 34.8 Å². The summed E-state index contributed by atoms with van der Waals surface area (Å²) in [6.45, 7) is 3.83. The molecule has 3 aromatic rings. The van der Waals surface area contributed by atoms with Crippen molar-refractivity contribution in [3.05, 3.63) is 87.9 Å². The number of hydrogen-bond donors (Lipinski definition) is 1. The molecule has 2 aromatic carbocycles. The average molecular weight is 429 g/mol. The molecule has 2 aliphatic heterocycles. The first-order valence-corrected chi connectivity index (χ1v) is 11.0. The summed E-state index contributed by atoms with van der Waals surface area (Å²) in [5, 5.41) is 2.83. The lowest BCUT2D eigenvalue weighted by molar-refractivity contribution is 0.0792. The zero-order chi connectivity index (χ0) is 22.2. The molecule has 0 aliphatic carbocycles. The van der Waals surface area contributed by atoms with Crippen molar-refractivity contribution in [3.8, 4) is 11.3 Å². The molecular formula is C26H24FN3O2. The lowest BCUT2D eigenvalue weighted by atomic mass is 9.95. The third-order valence-electron chi connectivity index (χ3n) is 6.29. The van der Waals surface area contributed by atoms with Gasteiger partial charge in [0.2, 0.25) is 0 Å². The van der Waals surface area contributed by atoms with Gasteiger partial charge in [0.05, 0.1) is 23.5 Å². The highest BCUT2D eigenvalue weighted by Gasteiger charge is 2.26. The van der Waals surface area contributed by atoms with Crippen LogP contribution in [0.4, 0.5) is 4.39 Å². The molecule has 32 heavy (non-hydrogen) atoms. The second kappa shape index (κ2) is 8.19. The predicted molar refractivity (Wildman–Crippen MR) is 120 cm³/mol. The van der Waals surface area contributed by atoms with Crippen LogP contribution in [0.5, 0.6) is 0 Å². The quantitative estimate of drug-likeness (QED) is 0.674. The molecule has 3 heterocycles. The van der Waals surface area contributed by atoms with E-state index in [0.29, 0.717) is 41.0 Å². The minimum absolute atomic E-state index is 0.0653. The number of nitrogens with zero attached hydrogens (tertiary/aromatic N) is 2. The van der Waals surface area contributed by atoms with Gasteiger partial charge in [-0.1, -0.05) is 24.3 Å². The first kappa shape index (κ1) is 20.4. The monoisotopic (exact) mass is 429 g/mol. The molecule has 0 spiro atoms. The maximum absolute atomic E-state index is 14.6. The summed E-state index contributed by atoms with van der Waals surface area (Å²) in [7, 11) is 0. The SMILES string of the molecule is Cc1cccc(F)c1-c1cc(Cc2ccc(C(=O)N3CCCC3)cc2)c2c(n1)CNC2=O. The van der Waals surface area contributed by atoms with Crippen LogP contribution in [0.3, 0.4) is 0 Å². The van der Waals surface area contributed by atoms with Crippen LogP contribution in [0.25, 0.3) is 11.3 Å². The number of amides is 2. The number of aryl methyl sites for hydroxylation is 1. The van der Waals surface area contributed by atoms with Crippen LogP contribution in [0.15, 0.2) is 48.5 Å². The molecule has 162 valence electrons. The number of halogens is 1. The smallest absolute Gasteiger partial charge is 0.253 e. The minimum atomic E-state index is -0.328. The summed E-state index contributed by atoms with van der Waals surface area (Å²) in [4.78, 5) is 31.6. The van der Waals surface area contributed by atoms with Crippen molar-refractivity contribution < 1.29 is 14.0 Å². The standard InChI is InChI=1S/C26H24FN3O2/c1-16-5-4-6-20(27)23(16)21-14-19(24-22(29-21)15-28-25(24)31)13-17-7-9-18(10-8-17)26(32)30-11-2-3-12-30/h4-10,14H,2-3,11-13,15H2,1H3,(H,28,31). The third-order valence-corrected chi connectivity index (χ3v) is 6.29. The van der Waals surface area contributed by atoms with E-state index in [-0.39, 0.29) is 17.6 Å². The fraction of sp³-hybridized carbons (Fsp3) is 0.269. The fourth-order valence-corrected chi connectivity index (χ4v) is 4.62. The van der Waals surface area contributed by atoms with Crippen molar-refractivity contribution in [1.29, 1.82) is 0 Å². The van der Waals surface area contributed by atoms with E-state index in [0.717, 1.165) is 42.6 Å². The Kier molecular flexibility index (Phi) is 5.21. The van der Waals surface area contributed by atoms with E-state index in [1.165, 1.54) is 6.07 Å². The van der Waals surface area contributed by atoms with Crippen molar-refractivity contribution in [2.45, 2.75) is 32.7 Å². The summed E-state index contributed by atoms with van der Waals surface area (Å²) < 4.78 is 14.6. The fourth-order valence-electron chi connectivity index (χ4n) is 4.62. The summed E-state index contributed by atoms with van der Waals surface area (Å²) in [5.41, 5.74) is 5.47. The van der Waals surface area contributed by atoms with Crippen LogP contribution in [0.2, 0.25) is 0 Å². The van der Waals surface area contributed by atoms with Gasteiger partial charge in [0, 0.05) is 24.2 Å². The largest absolute Gasteiger partial charge is 0.346 e. The Morgan fingerprint density at radius 2 is 1.84 bits per heavy atom. The Morgan fingerprint density at radius 1 is 1.09 bits per heavy atom. The van der Waals surface area contributed by atoms with E-state index >= 15 is 0 Å². The number of carbonyl (C=O) groups is 2. The number of likely N-dealkylation sites (tertiary alicyclic amines) is 1. The molecular weight excluding hydrogens is 405 g/mol. The molecule has 1 N–H and O–H groups in total. The number of carbonyl (C=O) groups excluding carboxylic acids is 2. The van der Waals surface area contributed by atoms with Crippen molar-refractivity contribution in [2.24, 2.45) is 0 Å². The Balaban J connectivity index is 1.49. The Bertz CT molecular complexity index is 1190. The summed E-state index contributed by atoms with van der Waals surface area (Å²) in [6, 6.07) is 14.3. The first-order valence-electron chi connectivity index (χ1n) is 11.0. The normalized spacial score (nSPS) is 15.1. The second-order valence-electron chi connectivity index (χ2n) is 8.48. The van der Waals surface area contributed by atoms with Crippen LogP contribution in [0, 0.1) is 12.7 Å². The minimum Gasteiger partial charge on any atom is -0.346 e. The molecule has 5 nitrogen and oxygen atoms in total. The second-order valence-corrected chi connectivity index (χ2v) is 8.48. The van der Waals surface area contributed by atoms with Crippen molar-refractivity contribution >= 4 is 11.8 Å². The van der Waals surface area contributed by atoms with Gasteiger partial charge in [-0.2, -0.15) is 0 Å². The molecule has 0 saturated carbocycles. The maximum Gasteiger partial charge on any atom is 0.253 e. The highest BCUT2D eigenvalue weighted by Crippen LogP contribution is 2.30. The Morgan fingerprint density at radius 3 is 2.56 bits per heavy atom. The van der Waals surface area contributed by atoms with Gasteiger partial charge in [0.15, 0.2) is 0 Å². The highest BCUT2D eigenvalue weighted by molar-refractivity contribution is 6.00.